The lowest BCUT2D eigenvalue weighted by atomic mass is 10.2. The summed E-state index contributed by atoms with van der Waals surface area (Å²) in [5.41, 5.74) is 2.18. The summed E-state index contributed by atoms with van der Waals surface area (Å²) in [7, 11) is -3.21. The molecule has 0 unspecified atom stereocenters. The smallest absolute Gasteiger partial charge is 0.230 e. The Bertz CT molecular complexity index is 844. The van der Waals surface area contributed by atoms with Crippen molar-refractivity contribution < 1.29 is 17.9 Å². The van der Waals surface area contributed by atoms with Crippen molar-refractivity contribution in [2.75, 3.05) is 24.3 Å². The summed E-state index contributed by atoms with van der Waals surface area (Å²) in [6, 6.07) is 14.1. The van der Waals surface area contributed by atoms with Gasteiger partial charge in [0.25, 0.3) is 0 Å². The van der Waals surface area contributed by atoms with Gasteiger partial charge in [0.2, 0.25) is 5.91 Å². The molecule has 0 spiro atoms. The first kappa shape index (κ1) is 16.5. The molecule has 24 heavy (non-hydrogen) atoms. The zero-order valence-electron chi connectivity index (χ0n) is 13.4. The van der Waals surface area contributed by atoms with Crippen LogP contribution in [0, 0.1) is 0 Å². The van der Waals surface area contributed by atoms with Crippen molar-refractivity contribution in [3.8, 4) is 5.75 Å². The van der Waals surface area contributed by atoms with Gasteiger partial charge in [0.05, 0.1) is 17.9 Å². The molecular weight excluding hydrogens is 326 g/mol. The number of anilines is 1. The number of fused-ring (bicyclic) bond motifs is 1. The van der Waals surface area contributed by atoms with E-state index in [0.717, 1.165) is 18.4 Å². The highest BCUT2D eigenvalue weighted by molar-refractivity contribution is 7.90. The van der Waals surface area contributed by atoms with E-state index in [0.29, 0.717) is 12.3 Å². The molecule has 5 nitrogen and oxygen atoms in total. The summed E-state index contributed by atoms with van der Waals surface area (Å²) in [5.74, 6) is 0.588. The van der Waals surface area contributed by atoms with Crippen molar-refractivity contribution in [3.05, 3.63) is 54.1 Å². The second-order valence-electron chi connectivity index (χ2n) is 5.77. The fourth-order valence-electron chi connectivity index (χ4n) is 2.77. The number of nitrogens with zero attached hydrogens (tertiary/aromatic N) is 1. The number of amides is 1. The Morgan fingerprint density at radius 2 is 1.83 bits per heavy atom. The molecule has 1 aliphatic rings. The predicted molar refractivity (Wildman–Crippen MR) is 92.2 cm³/mol. The van der Waals surface area contributed by atoms with Crippen molar-refractivity contribution in [1.82, 2.24) is 0 Å². The van der Waals surface area contributed by atoms with E-state index in [1.165, 1.54) is 17.7 Å². The number of rotatable bonds is 5. The lowest BCUT2D eigenvalue weighted by Crippen LogP contribution is -2.30. The summed E-state index contributed by atoms with van der Waals surface area (Å²) in [6.45, 7) is 0.969. The lowest BCUT2D eigenvalue weighted by molar-refractivity contribution is -0.119. The normalized spacial score (nSPS) is 13.6. The standard InChI is InChI=1S/C18H19NO4S/c1-24(21,22)16-8-6-15(7-9-16)23-13-11-18(20)19-12-10-14-4-2-3-5-17(14)19/h2-9H,10-13H2,1H3. The number of carbonyl (C=O) groups excluding carboxylic acids is 1. The number of benzene rings is 2. The van der Waals surface area contributed by atoms with Crippen molar-refractivity contribution in [2.45, 2.75) is 17.7 Å². The minimum atomic E-state index is -3.21. The van der Waals surface area contributed by atoms with Gasteiger partial charge in [-0.1, -0.05) is 18.2 Å². The Morgan fingerprint density at radius 1 is 1.12 bits per heavy atom. The zero-order valence-corrected chi connectivity index (χ0v) is 14.3. The molecule has 2 aromatic carbocycles. The third-order valence-electron chi connectivity index (χ3n) is 4.02. The second-order valence-corrected chi connectivity index (χ2v) is 7.78. The van der Waals surface area contributed by atoms with E-state index in [1.54, 1.807) is 17.0 Å². The average molecular weight is 345 g/mol. The van der Waals surface area contributed by atoms with Crippen molar-refractivity contribution in [3.63, 3.8) is 0 Å². The van der Waals surface area contributed by atoms with Gasteiger partial charge in [-0.25, -0.2) is 8.42 Å². The third kappa shape index (κ3) is 3.59. The summed E-state index contributed by atoms with van der Waals surface area (Å²) in [5, 5.41) is 0. The maximum Gasteiger partial charge on any atom is 0.230 e. The second kappa shape index (κ2) is 6.65. The van der Waals surface area contributed by atoms with E-state index in [4.69, 9.17) is 4.74 Å². The van der Waals surface area contributed by atoms with Crippen LogP contribution in [0.1, 0.15) is 12.0 Å². The van der Waals surface area contributed by atoms with E-state index >= 15 is 0 Å². The summed E-state index contributed by atoms with van der Waals surface area (Å²) >= 11 is 0. The number of carbonyl (C=O) groups is 1. The Kier molecular flexibility index (Phi) is 4.57. The monoisotopic (exact) mass is 345 g/mol. The van der Waals surface area contributed by atoms with E-state index in [-0.39, 0.29) is 23.8 Å². The van der Waals surface area contributed by atoms with E-state index in [2.05, 4.69) is 0 Å². The molecule has 6 heteroatoms. The summed E-state index contributed by atoms with van der Waals surface area (Å²) in [6.07, 6.45) is 2.33. The number of hydrogen-bond acceptors (Lipinski definition) is 4. The fourth-order valence-corrected chi connectivity index (χ4v) is 3.40. The predicted octanol–water partition coefficient (Wildman–Crippen LogP) is 2.45. The van der Waals surface area contributed by atoms with Crippen LogP contribution in [0.4, 0.5) is 5.69 Å². The molecule has 0 aromatic heterocycles. The molecule has 0 bridgehead atoms. The van der Waals surface area contributed by atoms with Crippen LogP contribution in [0.2, 0.25) is 0 Å². The molecule has 3 rings (SSSR count). The minimum Gasteiger partial charge on any atom is -0.493 e. The first-order valence-corrected chi connectivity index (χ1v) is 9.65. The first-order chi connectivity index (χ1) is 11.4. The molecule has 0 aliphatic carbocycles. The number of hydrogen-bond donors (Lipinski definition) is 0. The van der Waals surface area contributed by atoms with E-state index < -0.39 is 9.84 Å². The third-order valence-corrected chi connectivity index (χ3v) is 5.15. The molecule has 0 radical (unpaired) electrons. The van der Waals surface area contributed by atoms with Crippen LogP contribution in [0.3, 0.4) is 0 Å². The highest BCUT2D eigenvalue weighted by Gasteiger charge is 2.23. The van der Waals surface area contributed by atoms with Crippen LogP contribution in [0.25, 0.3) is 0 Å². The molecule has 0 saturated carbocycles. The lowest BCUT2D eigenvalue weighted by Gasteiger charge is -2.17. The van der Waals surface area contributed by atoms with Gasteiger partial charge in [-0.3, -0.25) is 4.79 Å². The van der Waals surface area contributed by atoms with Gasteiger partial charge in [0.15, 0.2) is 9.84 Å². The Labute approximate surface area is 141 Å². The van der Waals surface area contributed by atoms with Crippen LogP contribution in [0.15, 0.2) is 53.4 Å². The quantitative estimate of drug-likeness (QED) is 0.835. The zero-order chi connectivity index (χ0) is 17.2. The first-order valence-electron chi connectivity index (χ1n) is 7.76. The molecule has 0 fully saturated rings. The van der Waals surface area contributed by atoms with Crippen molar-refractivity contribution in [2.24, 2.45) is 0 Å². The largest absolute Gasteiger partial charge is 0.493 e. The highest BCUT2D eigenvalue weighted by Crippen LogP contribution is 2.27. The molecule has 0 saturated heterocycles. The van der Waals surface area contributed by atoms with Crippen LogP contribution in [-0.4, -0.2) is 33.7 Å². The van der Waals surface area contributed by atoms with Crippen molar-refractivity contribution >= 4 is 21.4 Å². The van der Waals surface area contributed by atoms with Crippen LogP contribution < -0.4 is 9.64 Å². The molecule has 2 aromatic rings. The summed E-state index contributed by atoms with van der Waals surface area (Å²) in [4.78, 5) is 14.4. The summed E-state index contributed by atoms with van der Waals surface area (Å²) < 4.78 is 28.4. The Hall–Kier alpha value is -2.34. The van der Waals surface area contributed by atoms with Gasteiger partial charge in [0.1, 0.15) is 5.75 Å². The van der Waals surface area contributed by atoms with Gasteiger partial charge in [0, 0.05) is 18.5 Å². The van der Waals surface area contributed by atoms with E-state index in [9.17, 15) is 13.2 Å². The van der Waals surface area contributed by atoms with Crippen LogP contribution >= 0.6 is 0 Å². The Balaban J connectivity index is 1.55. The van der Waals surface area contributed by atoms with Gasteiger partial charge in [-0.05, 0) is 42.3 Å². The molecular formula is C18H19NO4S. The molecule has 1 aliphatic heterocycles. The molecule has 0 N–H and O–H groups in total. The van der Waals surface area contributed by atoms with Gasteiger partial charge in [-0.15, -0.1) is 0 Å². The fraction of sp³-hybridized carbons (Fsp3) is 0.278. The average Bonchev–Trinajstić information content (AvgIpc) is 2.98. The molecule has 1 heterocycles. The van der Waals surface area contributed by atoms with Crippen LogP contribution in [0.5, 0.6) is 5.75 Å². The number of para-hydroxylation sites is 1. The number of ether oxygens (including phenoxy) is 1. The van der Waals surface area contributed by atoms with Crippen LogP contribution in [-0.2, 0) is 21.1 Å². The minimum absolute atomic E-state index is 0.0349. The molecule has 1 amide bonds. The van der Waals surface area contributed by atoms with E-state index in [1.807, 2.05) is 24.3 Å². The Morgan fingerprint density at radius 3 is 2.54 bits per heavy atom. The maximum absolute atomic E-state index is 12.4. The molecule has 126 valence electrons. The van der Waals surface area contributed by atoms with Crippen molar-refractivity contribution in [1.29, 1.82) is 0 Å². The van der Waals surface area contributed by atoms with Gasteiger partial charge < -0.3 is 9.64 Å². The molecule has 0 atom stereocenters. The van der Waals surface area contributed by atoms with Gasteiger partial charge in [-0.2, -0.15) is 0 Å². The van der Waals surface area contributed by atoms with Gasteiger partial charge >= 0.3 is 0 Å². The SMILES string of the molecule is CS(=O)(=O)c1ccc(OCCC(=O)N2CCc3ccccc32)cc1. The number of sulfone groups is 1. The topological polar surface area (TPSA) is 63.7 Å². The highest BCUT2D eigenvalue weighted by atomic mass is 32.2. The maximum atomic E-state index is 12.4.